The number of pyridine rings is 1. The molecule has 0 atom stereocenters. The number of thioether (sulfide) groups is 1. The van der Waals surface area contributed by atoms with Crippen molar-refractivity contribution in [1.82, 2.24) is 4.98 Å². The average molecular weight is 240 g/mol. The van der Waals surface area contributed by atoms with Crippen LogP contribution in [0.15, 0.2) is 40.0 Å². The molecular formula is C11H10ClNOS. The Morgan fingerprint density at radius 2 is 2.27 bits per heavy atom. The van der Waals surface area contributed by atoms with Crippen molar-refractivity contribution in [3.8, 4) is 0 Å². The number of aromatic nitrogens is 1. The molecule has 0 amide bonds. The molecule has 78 valence electrons. The van der Waals surface area contributed by atoms with E-state index in [0.717, 1.165) is 16.5 Å². The minimum Gasteiger partial charge on any atom is -0.468 e. The fourth-order valence-electron chi connectivity index (χ4n) is 1.16. The molecule has 2 aromatic heterocycles. The van der Waals surface area contributed by atoms with Crippen LogP contribution in [0, 0.1) is 6.92 Å². The molecule has 2 heterocycles. The van der Waals surface area contributed by atoms with Crippen LogP contribution < -0.4 is 0 Å². The first-order valence-electron chi connectivity index (χ1n) is 4.54. The van der Waals surface area contributed by atoms with Crippen LogP contribution in [0.25, 0.3) is 0 Å². The Labute approximate surface area is 97.7 Å². The standard InChI is InChI=1S/C11H10ClNOS/c1-8-5-6-14-9(8)7-15-11-4-2-3-10(12)13-11/h2-6H,7H2,1H3. The second-order valence-corrected chi connectivity index (χ2v) is 4.50. The van der Waals surface area contributed by atoms with Crippen molar-refractivity contribution >= 4 is 23.4 Å². The van der Waals surface area contributed by atoms with Gasteiger partial charge >= 0.3 is 0 Å². The molecule has 0 aromatic carbocycles. The van der Waals surface area contributed by atoms with Gasteiger partial charge in [0.05, 0.1) is 17.0 Å². The Morgan fingerprint density at radius 1 is 1.40 bits per heavy atom. The Hall–Kier alpha value is -0.930. The summed E-state index contributed by atoms with van der Waals surface area (Å²) in [6.45, 7) is 2.03. The van der Waals surface area contributed by atoms with E-state index in [4.69, 9.17) is 16.0 Å². The highest BCUT2D eigenvalue weighted by Crippen LogP contribution is 2.24. The zero-order valence-electron chi connectivity index (χ0n) is 8.24. The first-order valence-corrected chi connectivity index (χ1v) is 5.90. The molecule has 0 fully saturated rings. The van der Waals surface area contributed by atoms with Gasteiger partial charge < -0.3 is 4.42 Å². The third-order valence-electron chi connectivity index (χ3n) is 2.01. The zero-order chi connectivity index (χ0) is 10.7. The molecule has 0 aliphatic carbocycles. The van der Waals surface area contributed by atoms with E-state index >= 15 is 0 Å². The SMILES string of the molecule is Cc1ccoc1CSc1cccc(Cl)n1. The summed E-state index contributed by atoms with van der Waals surface area (Å²) in [6, 6.07) is 7.56. The van der Waals surface area contributed by atoms with Crippen molar-refractivity contribution < 1.29 is 4.42 Å². The van der Waals surface area contributed by atoms with Crippen LogP contribution in [0.4, 0.5) is 0 Å². The minimum atomic E-state index is 0.524. The summed E-state index contributed by atoms with van der Waals surface area (Å²) in [5.74, 6) is 1.77. The van der Waals surface area contributed by atoms with E-state index in [1.807, 2.05) is 25.1 Å². The van der Waals surface area contributed by atoms with Crippen molar-refractivity contribution in [3.63, 3.8) is 0 Å². The minimum absolute atomic E-state index is 0.524. The Kier molecular flexibility index (Phi) is 3.34. The molecule has 0 N–H and O–H groups in total. The first-order chi connectivity index (χ1) is 7.25. The van der Waals surface area contributed by atoms with Crippen molar-refractivity contribution in [1.29, 1.82) is 0 Å². The number of furan rings is 1. The number of aryl methyl sites for hydroxylation is 1. The monoisotopic (exact) mass is 239 g/mol. The van der Waals surface area contributed by atoms with Crippen LogP contribution in [-0.2, 0) is 5.75 Å². The van der Waals surface area contributed by atoms with E-state index < -0.39 is 0 Å². The highest BCUT2D eigenvalue weighted by Gasteiger charge is 2.03. The maximum Gasteiger partial charge on any atom is 0.130 e. The summed E-state index contributed by atoms with van der Waals surface area (Å²) >= 11 is 7.41. The Bertz CT molecular complexity index is 455. The van der Waals surface area contributed by atoms with Crippen LogP contribution in [0.5, 0.6) is 0 Å². The Balaban J connectivity index is 2.02. The first kappa shape index (κ1) is 10.6. The van der Waals surface area contributed by atoms with Gasteiger partial charge in [-0.2, -0.15) is 0 Å². The van der Waals surface area contributed by atoms with Crippen molar-refractivity contribution in [2.24, 2.45) is 0 Å². The molecule has 2 nitrogen and oxygen atoms in total. The van der Waals surface area contributed by atoms with E-state index in [2.05, 4.69) is 4.98 Å². The van der Waals surface area contributed by atoms with Gasteiger partial charge in [-0.05, 0) is 30.7 Å². The lowest BCUT2D eigenvalue weighted by molar-refractivity contribution is 0.528. The average Bonchev–Trinajstić information content (AvgIpc) is 2.61. The normalized spacial score (nSPS) is 10.5. The van der Waals surface area contributed by atoms with E-state index in [9.17, 15) is 0 Å². The van der Waals surface area contributed by atoms with Gasteiger partial charge in [0.25, 0.3) is 0 Å². The summed E-state index contributed by atoms with van der Waals surface area (Å²) in [5.41, 5.74) is 1.17. The van der Waals surface area contributed by atoms with Gasteiger partial charge in [-0.25, -0.2) is 4.98 Å². The molecule has 0 aliphatic rings. The topological polar surface area (TPSA) is 26.0 Å². The molecule has 2 aromatic rings. The second-order valence-electron chi connectivity index (χ2n) is 3.11. The van der Waals surface area contributed by atoms with Crippen LogP contribution in [0.1, 0.15) is 11.3 Å². The predicted octanol–water partition coefficient (Wildman–Crippen LogP) is 3.93. The molecule has 0 saturated carbocycles. The zero-order valence-corrected chi connectivity index (χ0v) is 9.81. The van der Waals surface area contributed by atoms with E-state index in [1.165, 1.54) is 5.56 Å². The molecule has 0 bridgehead atoms. The summed E-state index contributed by atoms with van der Waals surface area (Å²) in [6.07, 6.45) is 1.70. The molecule has 4 heteroatoms. The molecule has 0 saturated heterocycles. The maximum atomic E-state index is 5.79. The molecular weight excluding hydrogens is 230 g/mol. The fraction of sp³-hybridized carbons (Fsp3) is 0.182. The van der Waals surface area contributed by atoms with Crippen LogP contribution in [0.3, 0.4) is 0 Å². The van der Waals surface area contributed by atoms with Gasteiger partial charge in [0, 0.05) is 0 Å². The van der Waals surface area contributed by atoms with Crippen molar-refractivity contribution in [2.75, 3.05) is 0 Å². The van der Waals surface area contributed by atoms with Crippen LogP contribution in [0.2, 0.25) is 5.15 Å². The van der Waals surface area contributed by atoms with E-state index in [1.54, 1.807) is 24.1 Å². The predicted molar refractivity (Wildman–Crippen MR) is 62.3 cm³/mol. The van der Waals surface area contributed by atoms with Gasteiger partial charge in [0.2, 0.25) is 0 Å². The number of rotatable bonds is 3. The van der Waals surface area contributed by atoms with Gasteiger partial charge in [0.15, 0.2) is 0 Å². The molecule has 15 heavy (non-hydrogen) atoms. The summed E-state index contributed by atoms with van der Waals surface area (Å²) in [4.78, 5) is 4.19. The van der Waals surface area contributed by atoms with E-state index in [-0.39, 0.29) is 0 Å². The van der Waals surface area contributed by atoms with Gasteiger partial charge in [0.1, 0.15) is 10.9 Å². The fourth-order valence-corrected chi connectivity index (χ4v) is 2.29. The van der Waals surface area contributed by atoms with Crippen molar-refractivity contribution in [2.45, 2.75) is 17.7 Å². The lowest BCUT2D eigenvalue weighted by Crippen LogP contribution is -1.83. The van der Waals surface area contributed by atoms with E-state index in [0.29, 0.717) is 5.15 Å². The third-order valence-corrected chi connectivity index (χ3v) is 3.15. The number of hydrogen-bond acceptors (Lipinski definition) is 3. The van der Waals surface area contributed by atoms with Crippen LogP contribution >= 0.6 is 23.4 Å². The Morgan fingerprint density at radius 3 is 2.93 bits per heavy atom. The molecule has 0 spiro atoms. The summed E-state index contributed by atoms with van der Waals surface area (Å²) in [5, 5.41) is 1.44. The second kappa shape index (κ2) is 4.73. The highest BCUT2D eigenvalue weighted by molar-refractivity contribution is 7.98. The molecule has 0 unspecified atom stereocenters. The van der Waals surface area contributed by atoms with Gasteiger partial charge in [-0.15, -0.1) is 0 Å². The number of hydrogen-bond donors (Lipinski definition) is 0. The lowest BCUT2D eigenvalue weighted by Gasteiger charge is -1.99. The number of halogens is 1. The van der Waals surface area contributed by atoms with Crippen molar-refractivity contribution in [3.05, 3.63) is 47.0 Å². The number of nitrogens with zero attached hydrogens (tertiary/aromatic N) is 1. The smallest absolute Gasteiger partial charge is 0.130 e. The van der Waals surface area contributed by atoms with Gasteiger partial charge in [-0.3, -0.25) is 0 Å². The molecule has 0 radical (unpaired) electrons. The summed E-state index contributed by atoms with van der Waals surface area (Å²) < 4.78 is 5.33. The quantitative estimate of drug-likeness (QED) is 0.600. The highest BCUT2D eigenvalue weighted by atomic mass is 35.5. The largest absolute Gasteiger partial charge is 0.468 e. The van der Waals surface area contributed by atoms with Crippen LogP contribution in [-0.4, -0.2) is 4.98 Å². The third kappa shape index (κ3) is 2.76. The summed E-state index contributed by atoms with van der Waals surface area (Å²) in [7, 11) is 0. The molecule has 2 rings (SSSR count). The molecule has 0 aliphatic heterocycles. The van der Waals surface area contributed by atoms with Gasteiger partial charge in [-0.1, -0.05) is 29.4 Å². The maximum absolute atomic E-state index is 5.79. The lowest BCUT2D eigenvalue weighted by atomic mass is 10.3.